The van der Waals surface area contributed by atoms with E-state index >= 15 is 0 Å². The summed E-state index contributed by atoms with van der Waals surface area (Å²) in [4.78, 5) is 2.36. The minimum atomic E-state index is 0.144. The number of anilines is 1. The molecule has 1 heterocycles. The van der Waals surface area contributed by atoms with Gasteiger partial charge in [0.05, 0.1) is 0 Å². The predicted molar refractivity (Wildman–Crippen MR) is 75.8 cm³/mol. The predicted octanol–water partition coefficient (Wildman–Crippen LogP) is 1.64. The standard InChI is InChI=1S/C14H21N3O2/c1-19-10-11-6-8-17(9-7-11)13-4-2-12(3-5-13)14(15)16-18/h2-5,11,18H,6-10H2,1H3,(H2,15,16). The first-order valence-corrected chi connectivity index (χ1v) is 6.56. The Morgan fingerprint density at radius 1 is 1.37 bits per heavy atom. The average molecular weight is 263 g/mol. The molecule has 1 fully saturated rings. The number of methoxy groups -OCH3 is 1. The quantitative estimate of drug-likeness (QED) is 0.375. The normalized spacial score (nSPS) is 17.7. The van der Waals surface area contributed by atoms with Gasteiger partial charge in [0, 0.05) is 38.1 Å². The van der Waals surface area contributed by atoms with Crippen LogP contribution >= 0.6 is 0 Å². The molecule has 0 radical (unpaired) electrons. The largest absolute Gasteiger partial charge is 0.409 e. The van der Waals surface area contributed by atoms with Crippen LogP contribution in [0, 0.1) is 5.92 Å². The Morgan fingerprint density at radius 3 is 2.53 bits per heavy atom. The lowest BCUT2D eigenvalue weighted by atomic mass is 9.97. The number of benzene rings is 1. The minimum absolute atomic E-state index is 0.144. The number of rotatable bonds is 4. The number of ether oxygens (including phenoxy) is 1. The van der Waals surface area contributed by atoms with Crippen molar-refractivity contribution in [3.05, 3.63) is 29.8 Å². The number of nitrogens with zero attached hydrogens (tertiary/aromatic N) is 2. The summed E-state index contributed by atoms with van der Waals surface area (Å²) in [5.74, 6) is 0.822. The highest BCUT2D eigenvalue weighted by atomic mass is 16.5. The van der Waals surface area contributed by atoms with Gasteiger partial charge in [0.25, 0.3) is 0 Å². The molecule has 0 amide bonds. The molecule has 1 saturated heterocycles. The zero-order valence-corrected chi connectivity index (χ0v) is 11.2. The highest BCUT2D eigenvalue weighted by Gasteiger charge is 2.19. The fourth-order valence-electron chi connectivity index (χ4n) is 2.49. The van der Waals surface area contributed by atoms with Gasteiger partial charge in [-0.2, -0.15) is 0 Å². The maximum absolute atomic E-state index is 8.63. The molecule has 0 bridgehead atoms. The molecule has 1 aliphatic rings. The van der Waals surface area contributed by atoms with Crippen LogP contribution in [0.25, 0.3) is 0 Å². The van der Waals surface area contributed by atoms with Crippen LogP contribution in [0.5, 0.6) is 0 Å². The van der Waals surface area contributed by atoms with Gasteiger partial charge in [0.2, 0.25) is 0 Å². The molecular formula is C14H21N3O2. The zero-order chi connectivity index (χ0) is 13.7. The van der Waals surface area contributed by atoms with E-state index in [1.54, 1.807) is 7.11 Å². The second kappa shape index (κ2) is 6.43. The molecule has 2 rings (SSSR count). The molecule has 1 aliphatic heterocycles. The van der Waals surface area contributed by atoms with E-state index in [2.05, 4.69) is 10.1 Å². The van der Waals surface area contributed by atoms with Gasteiger partial charge >= 0.3 is 0 Å². The first-order valence-electron chi connectivity index (χ1n) is 6.56. The summed E-state index contributed by atoms with van der Waals surface area (Å²) in [6, 6.07) is 7.80. The van der Waals surface area contributed by atoms with Crippen LogP contribution in [-0.4, -0.2) is 37.8 Å². The fourth-order valence-corrected chi connectivity index (χ4v) is 2.49. The SMILES string of the molecule is COCC1CCN(c2ccc(C(N)=NO)cc2)CC1. The molecule has 1 aromatic rings. The number of piperidine rings is 1. The fraction of sp³-hybridized carbons (Fsp3) is 0.500. The summed E-state index contributed by atoms with van der Waals surface area (Å²) in [6.45, 7) is 2.96. The second-order valence-electron chi connectivity index (χ2n) is 4.92. The van der Waals surface area contributed by atoms with E-state index in [9.17, 15) is 0 Å². The van der Waals surface area contributed by atoms with Gasteiger partial charge in [0.15, 0.2) is 5.84 Å². The number of hydrogen-bond acceptors (Lipinski definition) is 4. The van der Waals surface area contributed by atoms with Crippen molar-refractivity contribution in [3.63, 3.8) is 0 Å². The van der Waals surface area contributed by atoms with E-state index in [-0.39, 0.29) is 5.84 Å². The van der Waals surface area contributed by atoms with Crippen molar-refractivity contribution in [1.82, 2.24) is 0 Å². The maximum Gasteiger partial charge on any atom is 0.170 e. The van der Waals surface area contributed by atoms with Crippen molar-refractivity contribution in [2.75, 3.05) is 31.7 Å². The molecule has 0 spiro atoms. The molecule has 5 heteroatoms. The molecule has 0 saturated carbocycles. The van der Waals surface area contributed by atoms with Crippen molar-refractivity contribution >= 4 is 11.5 Å². The van der Waals surface area contributed by atoms with Crippen LogP contribution in [0.3, 0.4) is 0 Å². The highest BCUT2D eigenvalue weighted by Crippen LogP contribution is 2.23. The molecule has 0 aliphatic carbocycles. The molecule has 1 aromatic carbocycles. The lowest BCUT2D eigenvalue weighted by Crippen LogP contribution is -2.35. The monoisotopic (exact) mass is 263 g/mol. The Hall–Kier alpha value is -1.75. The van der Waals surface area contributed by atoms with Crippen LogP contribution in [0.1, 0.15) is 18.4 Å². The van der Waals surface area contributed by atoms with Crippen molar-refractivity contribution in [1.29, 1.82) is 0 Å². The summed E-state index contributed by atoms with van der Waals surface area (Å²) in [7, 11) is 1.76. The van der Waals surface area contributed by atoms with Crippen LogP contribution in [0.15, 0.2) is 29.4 Å². The van der Waals surface area contributed by atoms with Gasteiger partial charge in [-0.25, -0.2) is 0 Å². The average Bonchev–Trinajstić information content (AvgIpc) is 2.48. The van der Waals surface area contributed by atoms with Gasteiger partial charge in [-0.1, -0.05) is 5.16 Å². The Labute approximate surface area is 113 Å². The Balaban J connectivity index is 1.96. The van der Waals surface area contributed by atoms with Crippen molar-refractivity contribution < 1.29 is 9.94 Å². The Morgan fingerprint density at radius 2 is 2.00 bits per heavy atom. The third-order valence-electron chi connectivity index (χ3n) is 3.65. The van der Waals surface area contributed by atoms with Gasteiger partial charge in [0.1, 0.15) is 0 Å². The molecule has 19 heavy (non-hydrogen) atoms. The van der Waals surface area contributed by atoms with Crippen LogP contribution in [0.4, 0.5) is 5.69 Å². The smallest absolute Gasteiger partial charge is 0.170 e. The van der Waals surface area contributed by atoms with Gasteiger partial charge in [-0.05, 0) is 43.0 Å². The first-order chi connectivity index (χ1) is 9.24. The van der Waals surface area contributed by atoms with Crippen molar-refractivity contribution in [2.24, 2.45) is 16.8 Å². The van der Waals surface area contributed by atoms with Gasteiger partial charge in [-0.15, -0.1) is 0 Å². The van der Waals surface area contributed by atoms with Crippen LogP contribution < -0.4 is 10.6 Å². The second-order valence-corrected chi connectivity index (χ2v) is 4.92. The highest BCUT2D eigenvalue weighted by molar-refractivity contribution is 5.97. The molecule has 0 atom stereocenters. The minimum Gasteiger partial charge on any atom is -0.409 e. The van der Waals surface area contributed by atoms with Gasteiger partial charge < -0.3 is 20.6 Å². The lowest BCUT2D eigenvalue weighted by molar-refractivity contribution is 0.139. The van der Waals surface area contributed by atoms with Crippen molar-refractivity contribution in [2.45, 2.75) is 12.8 Å². The van der Waals surface area contributed by atoms with E-state index < -0.39 is 0 Å². The molecular weight excluding hydrogens is 242 g/mol. The lowest BCUT2D eigenvalue weighted by Gasteiger charge is -2.33. The summed E-state index contributed by atoms with van der Waals surface area (Å²) in [5, 5.41) is 11.6. The number of oxime groups is 1. The maximum atomic E-state index is 8.63. The van der Waals surface area contributed by atoms with E-state index in [4.69, 9.17) is 15.7 Å². The Bertz CT molecular complexity index is 423. The molecule has 0 aromatic heterocycles. The Kier molecular flexibility index (Phi) is 4.63. The van der Waals surface area contributed by atoms with E-state index in [1.165, 1.54) is 5.69 Å². The van der Waals surface area contributed by atoms with E-state index in [0.717, 1.165) is 38.1 Å². The topological polar surface area (TPSA) is 71.1 Å². The van der Waals surface area contributed by atoms with E-state index in [0.29, 0.717) is 5.92 Å². The summed E-state index contributed by atoms with van der Waals surface area (Å²) in [5.41, 5.74) is 7.47. The number of nitrogens with two attached hydrogens (primary N) is 1. The first kappa shape index (κ1) is 13.7. The van der Waals surface area contributed by atoms with Crippen molar-refractivity contribution in [3.8, 4) is 0 Å². The molecule has 0 unspecified atom stereocenters. The third kappa shape index (κ3) is 3.38. The van der Waals surface area contributed by atoms with Crippen LogP contribution in [0.2, 0.25) is 0 Å². The number of hydrogen-bond donors (Lipinski definition) is 2. The summed E-state index contributed by atoms with van der Waals surface area (Å²) >= 11 is 0. The van der Waals surface area contributed by atoms with Gasteiger partial charge in [-0.3, -0.25) is 0 Å². The third-order valence-corrected chi connectivity index (χ3v) is 3.65. The summed E-state index contributed by atoms with van der Waals surface area (Å²) < 4.78 is 5.21. The molecule has 5 nitrogen and oxygen atoms in total. The zero-order valence-electron chi connectivity index (χ0n) is 11.2. The number of amidine groups is 1. The van der Waals surface area contributed by atoms with Crippen LogP contribution in [-0.2, 0) is 4.74 Å². The summed E-state index contributed by atoms with van der Waals surface area (Å²) in [6.07, 6.45) is 2.33. The van der Waals surface area contributed by atoms with E-state index in [1.807, 2.05) is 24.3 Å². The molecule has 104 valence electrons. The molecule has 3 N–H and O–H groups in total.